The third-order valence-electron chi connectivity index (χ3n) is 4.52. The summed E-state index contributed by atoms with van der Waals surface area (Å²) in [7, 11) is 3.02. The normalized spacial score (nSPS) is 16.9. The van der Waals surface area contributed by atoms with Crippen LogP contribution in [0.4, 0.5) is 8.78 Å². The molecular weight excluding hydrogens is 354 g/mol. The van der Waals surface area contributed by atoms with Gasteiger partial charge in [0.25, 0.3) is 0 Å². The number of methoxy groups -OCH3 is 2. The molecule has 0 saturated heterocycles. The molecular formula is C20H20F2N2O3. The Balaban J connectivity index is 2.20. The maximum atomic E-state index is 14.5. The highest BCUT2D eigenvalue weighted by Gasteiger charge is 2.34. The number of benzene rings is 2. The van der Waals surface area contributed by atoms with Crippen molar-refractivity contribution in [2.24, 2.45) is 5.10 Å². The summed E-state index contributed by atoms with van der Waals surface area (Å²) in [6.45, 7) is 2.14. The van der Waals surface area contributed by atoms with E-state index >= 15 is 0 Å². The molecule has 7 heteroatoms. The lowest BCUT2D eigenvalue weighted by Gasteiger charge is -2.30. The highest BCUT2D eigenvalue weighted by molar-refractivity contribution is 6.09. The molecule has 0 radical (unpaired) electrons. The zero-order valence-corrected chi connectivity index (χ0v) is 15.3. The predicted molar refractivity (Wildman–Crippen MR) is 97.2 cm³/mol. The van der Waals surface area contributed by atoms with Crippen LogP contribution in [0, 0.1) is 11.6 Å². The van der Waals surface area contributed by atoms with Crippen molar-refractivity contribution in [1.29, 1.82) is 0 Å². The van der Waals surface area contributed by atoms with Crippen molar-refractivity contribution in [2.45, 2.75) is 19.3 Å². The molecule has 27 heavy (non-hydrogen) atoms. The van der Waals surface area contributed by atoms with Crippen molar-refractivity contribution in [1.82, 2.24) is 5.01 Å². The lowest BCUT2D eigenvalue weighted by atomic mass is 9.85. The van der Waals surface area contributed by atoms with Crippen LogP contribution in [0.15, 0.2) is 41.5 Å². The molecule has 0 aromatic heterocycles. The summed E-state index contributed by atoms with van der Waals surface area (Å²) in [6.07, 6.45) is -0.0793. The molecule has 1 aliphatic rings. The third kappa shape index (κ3) is 3.63. The zero-order chi connectivity index (χ0) is 19.6. The lowest BCUT2D eigenvalue weighted by Crippen LogP contribution is -2.36. The second kappa shape index (κ2) is 7.73. The van der Waals surface area contributed by atoms with Crippen LogP contribution in [-0.4, -0.2) is 37.4 Å². The van der Waals surface area contributed by atoms with Gasteiger partial charge in [-0.15, -0.1) is 0 Å². The first-order valence-corrected chi connectivity index (χ1v) is 8.54. The second-order valence-electron chi connectivity index (χ2n) is 6.09. The largest absolute Gasteiger partial charge is 0.497 e. The number of hydrazone groups is 1. The van der Waals surface area contributed by atoms with Crippen LogP contribution in [0.5, 0.6) is 11.5 Å². The molecule has 3 rings (SSSR count). The van der Waals surface area contributed by atoms with Gasteiger partial charge in [-0.05, 0) is 31.2 Å². The summed E-state index contributed by atoms with van der Waals surface area (Å²) in [4.78, 5) is 12.4. The second-order valence-corrected chi connectivity index (χ2v) is 6.09. The predicted octanol–water partition coefficient (Wildman–Crippen LogP) is 3.72. The summed E-state index contributed by atoms with van der Waals surface area (Å²) in [5, 5.41) is 5.70. The summed E-state index contributed by atoms with van der Waals surface area (Å²) in [5.41, 5.74) is 0.796. The Kier molecular flexibility index (Phi) is 5.39. The van der Waals surface area contributed by atoms with Crippen molar-refractivity contribution < 1.29 is 23.0 Å². The molecule has 0 spiro atoms. The Morgan fingerprint density at radius 2 is 1.70 bits per heavy atom. The van der Waals surface area contributed by atoms with Crippen LogP contribution >= 0.6 is 0 Å². The van der Waals surface area contributed by atoms with Crippen LogP contribution in [-0.2, 0) is 4.79 Å². The lowest BCUT2D eigenvalue weighted by molar-refractivity contribution is -0.131. The topological polar surface area (TPSA) is 51.1 Å². The molecule has 142 valence electrons. The van der Waals surface area contributed by atoms with E-state index < -0.39 is 17.6 Å². The molecule has 0 bridgehead atoms. The number of nitrogens with zero attached hydrogens (tertiary/aromatic N) is 2. The zero-order valence-electron chi connectivity index (χ0n) is 15.3. The van der Waals surface area contributed by atoms with Gasteiger partial charge in [0, 0.05) is 36.1 Å². The van der Waals surface area contributed by atoms with E-state index in [2.05, 4.69) is 5.10 Å². The summed E-state index contributed by atoms with van der Waals surface area (Å²) in [5.74, 6) is -1.53. The van der Waals surface area contributed by atoms with Crippen molar-refractivity contribution in [3.8, 4) is 11.5 Å². The molecule has 1 atom stereocenters. The van der Waals surface area contributed by atoms with Gasteiger partial charge in [0.15, 0.2) is 0 Å². The first-order valence-electron chi connectivity index (χ1n) is 8.54. The van der Waals surface area contributed by atoms with Gasteiger partial charge in [0.1, 0.15) is 23.1 Å². The standard InChI is InChI=1S/C20H20F2N2O3/c1-4-24-18(25)11-15(19-16(21)6-5-7-17(19)22)20(23-24)12-8-13(26-2)10-14(9-12)27-3/h5-10,15H,4,11H2,1-3H3. The van der Waals surface area contributed by atoms with Gasteiger partial charge in [-0.25, -0.2) is 13.8 Å². The summed E-state index contributed by atoms with van der Waals surface area (Å²) >= 11 is 0. The van der Waals surface area contributed by atoms with Gasteiger partial charge in [-0.2, -0.15) is 5.10 Å². The quantitative estimate of drug-likeness (QED) is 0.802. The average Bonchev–Trinajstić information content (AvgIpc) is 2.67. The van der Waals surface area contributed by atoms with Gasteiger partial charge < -0.3 is 9.47 Å². The number of hydrogen-bond donors (Lipinski definition) is 0. The van der Waals surface area contributed by atoms with Crippen molar-refractivity contribution in [3.05, 3.63) is 59.2 Å². The highest BCUT2D eigenvalue weighted by Crippen LogP contribution is 2.35. The van der Waals surface area contributed by atoms with E-state index in [1.165, 1.54) is 37.4 Å². The molecule has 2 aromatic carbocycles. The third-order valence-corrected chi connectivity index (χ3v) is 4.52. The van der Waals surface area contributed by atoms with E-state index in [-0.39, 0.29) is 17.9 Å². The van der Waals surface area contributed by atoms with Gasteiger partial charge in [0.05, 0.1) is 19.9 Å². The number of hydrogen-bond acceptors (Lipinski definition) is 4. The van der Waals surface area contributed by atoms with Crippen molar-refractivity contribution >= 4 is 11.6 Å². The van der Waals surface area contributed by atoms with E-state index in [1.54, 1.807) is 25.1 Å². The average molecular weight is 374 g/mol. The summed E-state index contributed by atoms with van der Waals surface area (Å²) < 4.78 is 39.5. The smallest absolute Gasteiger partial charge is 0.243 e. The van der Waals surface area contributed by atoms with E-state index in [0.717, 1.165) is 0 Å². The molecule has 0 aliphatic carbocycles. The van der Waals surface area contributed by atoms with Crippen LogP contribution < -0.4 is 9.47 Å². The maximum absolute atomic E-state index is 14.5. The minimum atomic E-state index is -0.849. The Hall–Kier alpha value is -2.96. The number of carbonyl (C=O) groups excluding carboxylic acids is 1. The van der Waals surface area contributed by atoms with Gasteiger partial charge in [-0.3, -0.25) is 4.79 Å². The molecule has 1 amide bonds. The molecule has 0 N–H and O–H groups in total. The van der Waals surface area contributed by atoms with Crippen molar-refractivity contribution in [3.63, 3.8) is 0 Å². The minimum Gasteiger partial charge on any atom is -0.497 e. The van der Waals surface area contributed by atoms with Crippen molar-refractivity contribution in [2.75, 3.05) is 20.8 Å². The number of rotatable bonds is 5. The molecule has 1 unspecified atom stereocenters. The first kappa shape index (κ1) is 18.8. The van der Waals surface area contributed by atoms with E-state index in [1.807, 2.05) is 0 Å². The van der Waals surface area contributed by atoms with Gasteiger partial charge >= 0.3 is 0 Å². The molecule has 2 aromatic rings. The molecule has 5 nitrogen and oxygen atoms in total. The molecule has 0 fully saturated rings. The minimum absolute atomic E-state index is 0.0793. The Morgan fingerprint density at radius 1 is 1.11 bits per heavy atom. The van der Waals surface area contributed by atoms with Crippen LogP contribution in [0.25, 0.3) is 0 Å². The first-order chi connectivity index (χ1) is 13.0. The summed E-state index contributed by atoms with van der Waals surface area (Å²) in [6, 6.07) is 8.75. The Labute approximate surface area is 156 Å². The highest BCUT2D eigenvalue weighted by atomic mass is 19.1. The number of amides is 1. The Bertz CT molecular complexity index is 856. The molecule has 1 heterocycles. The number of ether oxygens (including phenoxy) is 2. The fourth-order valence-electron chi connectivity index (χ4n) is 3.18. The van der Waals surface area contributed by atoms with Crippen LogP contribution in [0.1, 0.15) is 30.4 Å². The fourth-order valence-corrected chi connectivity index (χ4v) is 3.18. The monoisotopic (exact) mass is 374 g/mol. The number of halogens is 2. The molecule has 0 saturated carbocycles. The molecule has 1 aliphatic heterocycles. The van der Waals surface area contributed by atoms with Crippen LogP contribution in [0.2, 0.25) is 0 Å². The fraction of sp³-hybridized carbons (Fsp3) is 0.300. The van der Waals surface area contributed by atoms with E-state index in [0.29, 0.717) is 29.3 Å². The SMILES string of the molecule is CCN1N=C(c2cc(OC)cc(OC)c2)C(c2c(F)cccc2F)CC1=O. The maximum Gasteiger partial charge on any atom is 0.243 e. The van der Waals surface area contributed by atoms with E-state index in [4.69, 9.17) is 9.47 Å². The van der Waals surface area contributed by atoms with Crippen LogP contribution in [0.3, 0.4) is 0 Å². The van der Waals surface area contributed by atoms with Gasteiger partial charge in [-0.1, -0.05) is 6.07 Å². The number of carbonyl (C=O) groups is 1. The van der Waals surface area contributed by atoms with E-state index in [9.17, 15) is 13.6 Å². The Morgan fingerprint density at radius 3 is 2.22 bits per heavy atom. The van der Waals surface area contributed by atoms with Gasteiger partial charge in [0.2, 0.25) is 5.91 Å².